The van der Waals surface area contributed by atoms with Crippen LogP contribution in [0.25, 0.3) is 0 Å². The first-order valence-corrected chi connectivity index (χ1v) is 13.4. The number of nitrogens with one attached hydrogen (secondary N) is 1. The molecule has 37 heavy (non-hydrogen) atoms. The number of hydrogen-bond acceptors (Lipinski definition) is 6. The van der Waals surface area contributed by atoms with Gasteiger partial charge in [-0.25, -0.2) is 13.2 Å². The number of esters is 1. The van der Waals surface area contributed by atoms with E-state index in [-0.39, 0.29) is 17.0 Å². The predicted octanol–water partition coefficient (Wildman–Crippen LogP) is 3.95. The molecule has 3 aromatic rings. The summed E-state index contributed by atoms with van der Waals surface area (Å²) >= 11 is 5.98. The van der Waals surface area contributed by atoms with Gasteiger partial charge in [0.05, 0.1) is 24.7 Å². The van der Waals surface area contributed by atoms with Crippen LogP contribution >= 0.6 is 11.6 Å². The van der Waals surface area contributed by atoms with Gasteiger partial charge in [-0.15, -0.1) is 0 Å². The van der Waals surface area contributed by atoms with Gasteiger partial charge in [-0.3, -0.25) is 4.79 Å². The van der Waals surface area contributed by atoms with Gasteiger partial charge in [0, 0.05) is 17.1 Å². The van der Waals surface area contributed by atoms with Crippen molar-refractivity contribution >= 4 is 33.5 Å². The second kappa shape index (κ2) is 12.8. The molecule has 0 saturated heterocycles. The molecule has 0 unspecified atom stereocenters. The van der Waals surface area contributed by atoms with Crippen LogP contribution in [0.3, 0.4) is 0 Å². The van der Waals surface area contributed by atoms with Crippen molar-refractivity contribution in [1.29, 1.82) is 0 Å². The molecular formula is C27H29ClN2O6S. The summed E-state index contributed by atoms with van der Waals surface area (Å²) in [5.74, 6) is -1.33. The summed E-state index contributed by atoms with van der Waals surface area (Å²) in [6, 6.07) is 20.2. The normalized spacial score (nSPS) is 13.1. The molecule has 1 amide bonds. The molecule has 0 fully saturated rings. The van der Waals surface area contributed by atoms with Gasteiger partial charge in [-0.05, 0) is 53.9 Å². The molecule has 0 aliphatic rings. The monoisotopic (exact) mass is 544 g/mol. The van der Waals surface area contributed by atoms with E-state index in [0.29, 0.717) is 17.0 Å². The lowest BCUT2D eigenvalue weighted by molar-refractivity contribution is -0.143. The zero-order valence-corrected chi connectivity index (χ0v) is 22.1. The van der Waals surface area contributed by atoms with Crippen molar-refractivity contribution in [2.24, 2.45) is 0 Å². The molecule has 0 bridgehead atoms. The van der Waals surface area contributed by atoms with Crippen molar-refractivity contribution in [2.75, 3.05) is 13.7 Å². The Morgan fingerprint density at radius 2 is 1.62 bits per heavy atom. The lowest BCUT2D eigenvalue weighted by atomic mass is 10.0. The van der Waals surface area contributed by atoms with Crippen molar-refractivity contribution in [3.05, 3.63) is 101 Å². The number of ether oxygens (including phenoxy) is 1. The van der Waals surface area contributed by atoms with Gasteiger partial charge in [-0.2, -0.15) is 4.31 Å². The van der Waals surface area contributed by atoms with Gasteiger partial charge in [0.25, 0.3) is 5.91 Å². The average Bonchev–Trinajstić information content (AvgIpc) is 2.92. The number of benzene rings is 3. The summed E-state index contributed by atoms with van der Waals surface area (Å²) in [7, 11) is -2.76. The quantitative estimate of drug-likeness (QED) is 0.353. The molecule has 0 radical (unpaired) electrons. The number of methoxy groups -OCH3 is 1. The maximum Gasteiger partial charge on any atom is 0.330 e. The third kappa shape index (κ3) is 6.95. The van der Waals surface area contributed by atoms with Gasteiger partial charge in [0.2, 0.25) is 10.0 Å². The molecule has 196 valence electrons. The first kappa shape index (κ1) is 28.3. The highest BCUT2D eigenvalue weighted by Gasteiger charge is 2.32. The van der Waals surface area contributed by atoms with Crippen LogP contribution in [-0.4, -0.2) is 49.5 Å². The first-order valence-electron chi connectivity index (χ1n) is 11.6. The first-order chi connectivity index (χ1) is 17.7. The highest BCUT2D eigenvalue weighted by atomic mass is 35.5. The molecule has 8 nitrogen and oxygen atoms in total. The molecule has 0 aromatic heterocycles. The largest absolute Gasteiger partial charge is 0.467 e. The molecule has 2 N–H and O–H groups in total. The number of hydrogen-bond donors (Lipinski definition) is 2. The SMILES string of the molecule is CC[C@@H](c1ccccc1)N(Cc1ccc(C(=O)N[C@H](CO)C(=O)OC)cc1)S(=O)(=O)c1ccc(Cl)cc1. The second-order valence-corrected chi connectivity index (χ2v) is 10.6. The molecule has 0 heterocycles. The highest BCUT2D eigenvalue weighted by molar-refractivity contribution is 7.89. The third-order valence-corrected chi connectivity index (χ3v) is 7.99. The van der Waals surface area contributed by atoms with E-state index in [4.69, 9.17) is 11.6 Å². The van der Waals surface area contributed by atoms with E-state index in [9.17, 15) is 23.1 Å². The molecule has 3 aromatic carbocycles. The average molecular weight is 545 g/mol. The van der Waals surface area contributed by atoms with Gasteiger partial charge in [-0.1, -0.05) is 61.0 Å². The molecule has 3 rings (SSSR count). The summed E-state index contributed by atoms with van der Waals surface area (Å²) in [5, 5.41) is 12.2. The Kier molecular flexibility index (Phi) is 9.82. The Bertz CT molecular complexity index is 1300. The summed E-state index contributed by atoms with van der Waals surface area (Å²) < 4.78 is 33.6. The van der Waals surface area contributed by atoms with E-state index in [2.05, 4.69) is 10.1 Å². The second-order valence-electron chi connectivity index (χ2n) is 8.27. The Morgan fingerprint density at radius 3 is 2.16 bits per heavy atom. The third-order valence-electron chi connectivity index (χ3n) is 5.87. The number of nitrogens with zero attached hydrogens (tertiary/aromatic N) is 1. The molecule has 10 heteroatoms. The number of carbonyl (C=O) groups excluding carboxylic acids is 2. The standard InChI is InChI=1S/C27H29ClN2O6S/c1-3-25(20-7-5-4-6-8-20)30(37(34,35)23-15-13-22(28)14-16-23)17-19-9-11-21(12-10-19)26(32)29-24(18-31)27(33)36-2/h4-16,24-25,31H,3,17-18H2,1-2H3,(H,29,32)/t24-,25+/m1/s1. The summed E-state index contributed by atoms with van der Waals surface area (Å²) in [6.07, 6.45) is 0.535. The minimum atomic E-state index is -3.92. The van der Waals surface area contributed by atoms with Crippen molar-refractivity contribution in [1.82, 2.24) is 9.62 Å². The smallest absolute Gasteiger partial charge is 0.330 e. The van der Waals surface area contributed by atoms with Gasteiger partial charge in [0.15, 0.2) is 6.04 Å². The number of halogens is 1. The minimum Gasteiger partial charge on any atom is -0.467 e. The zero-order chi connectivity index (χ0) is 27.0. The van der Waals surface area contributed by atoms with Gasteiger partial charge >= 0.3 is 5.97 Å². The Balaban J connectivity index is 1.92. The van der Waals surface area contributed by atoms with E-state index < -0.39 is 40.6 Å². The Labute approximate surface area is 221 Å². The molecular weight excluding hydrogens is 516 g/mol. The number of rotatable bonds is 11. The summed E-state index contributed by atoms with van der Waals surface area (Å²) in [4.78, 5) is 24.3. The molecule has 2 atom stereocenters. The van der Waals surface area contributed by atoms with E-state index in [1.165, 1.54) is 40.7 Å². The van der Waals surface area contributed by atoms with E-state index >= 15 is 0 Å². The van der Waals surface area contributed by atoms with Crippen molar-refractivity contribution < 1.29 is 27.9 Å². The molecule has 0 spiro atoms. The predicted molar refractivity (Wildman–Crippen MR) is 140 cm³/mol. The molecule has 0 aliphatic heterocycles. The van der Waals surface area contributed by atoms with Crippen molar-refractivity contribution in [3.8, 4) is 0 Å². The summed E-state index contributed by atoms with van der Waals surface area (Å²) in [5.41, 5.74) is 1.76. The van der Waals surface area contributed by atoms with E-state index in [0.717, 1.165) is 12.7 Å². The zero-order valence-electron chi connectivity index (χ0n) is 20.5. The highest BCUT2D eigenvalue weighted by Crippen LogP contribution is 2.32. The Hall–Kier alpha value is -3.24. The number of sulfonamides is 1. The Morgan fingerprint density at radius 1 is 1.00 bits per heavy atom. The fraction of sp³-hybridized carbons (Fsp3) is 0.259. The number of aliphatic hydroxyl groups is 1. The fourth-order valence-corrected chi connectivity index (χ4v) is 5.69. The van der Waals surface area contributed by atoms with Crippen LogP contribution in [0.1, 0.15) is 40.9 Å². The number of aliphatic hydroxyl groups excluding tert-OH is 1. The van der Waals surface area contributed by atoms with Crippen LogP contribution < -0.4 is 5.32 Å². The lowest BCUT2D eigenvalue weighted by Gasteiger charge is -2.31. The number of carbonyl (C=O) groups is 2. The van der Waals surface area contributed by atoms with Gasteiger partial charge < -0.3 is 15.2 Å². The maximum absolute atomic E-state index is 13.8. The number of amides is 1. The van der Waals surface area contributed by atoms with Crippen molar-refractivity contribution in [2.45, 2.75) is 36.9 Å². The van der Waals surface area contributed by atoms with E-state index in [1.54, 1.807) is 12.1 Å². The van der Waals surface area contributed by atoms with Crippen LogP contribution in [0, 0.1) is 0 Å². The fourth-order valence-electron chi connectivity index (χ4n) is 3.89. The maximum atomic E-state index is 13.8. The molecule has 0 aliphatic carbocycles. The van der Waals surface area contributed by atoms with Crippen LogP contribution in [0.15, 0.2) is 83.8 Å². The van der Waals surface area contributed by atoms with Crippen LogP contribution in [0.5, 0.6) is 0 Å². The molecule has 0 saturated carbocycles. The van der Waals surface area contributed by atoms with Crippen LogP contribution in [0.2, 0.25) is 5.02 Å². The van der Waals surface area contributed by atoms with Gasteiger partial charge in [0.1, 0.15) is 0 Å². The topological polar surface area (TPSA) is 113 Å². The minimum absolute atomic E-state index is 0.0572. The summed E-state index contributed by atoms with van der Waals surface area (Å²) in [6.45, 7) is 1.38. The van der Waals surface area contributed by atoms with Crippen LogP contribution in [-0.2, 0) is 26.1 Å². The van der Waals surface area contributed by atoms with E-state index in [1.807, 2.05) is 37.3 Å². The van der Waals surface area contributed by atoms with Crippen molar-refractivity contribution in [3.63, 3.8) is 0 Å². The van der Waals surface area contributed by atoms with Crippen LogP contribution in [0.4, 0.5) is 0 Å². The lowest BCUT2D eigenvalue weighted by Crippen LogP contribution is -2.44.